The third-order valence-corrected chi connectivity index (χ3v) is 3.35. The van der Waals surface area contributed by atoms with Gasteiger partial charge in [0.1, 0.15) is 5.82 Å². The third-order valence-electron chi connectivity index (χ3n) is 3.05. The fraction of sp³-hybridized carbons (Fsp3) is 0.500. The highest BCUT2D eigenvalue weighted by molar-refractivity contribution is 6.33. The highest BCUT2D eigenvalue weighted by Crippen LogP contribution is 2.29. The number of ether oxygens (including phenoxy) is 1. The van der Waals surface area contributed by atoms with Crippen molar-refractivity contribution >= 4 is 17.3 Å². The zero-order valence-corrected chi connectivity index (χ0v) is 10.2. The minimum absolute atomic E-state index is 0.0370. The normalized spacial score (nSPS) is 21.5. The summed E-state index contributed by atoms with van der Waals surface area (Å²) in [6.07, 6.45) is 0.939. The fourth-order valence-corrected chi connectivity index (χ4v) is 2.22. The smallest absolute Gasteiger partial charge is 0.150 e. The van der Waals surface area contributed by atoms with E-state index in [0.29, 0.717) is 12.5 Å². The van der Waals surface area contributed by atoms with Crippen molar-refractivity contribution in [3.63, 3.8) is 0 Å². The lowest BCUT2D eigenvalue weighted by atomic mass is 10.0. The number of rotatable bonds is 3. The van der Waals surface area contributed by atoms with Crippen LogP contribution in [-0.2, 0) is 4.74 Å². The highest BCUT2D eigenvalue weighted by atomic mass is 35.5. The molecule has 0 bridgehead atoms. The average Bonchev–Trinajstić information content (AvgIpc) is 2.76. The van der Waals surface area contributed by atoms with E-state index >= 15 is 0 Å². The van der Waals surface area contributed by atoms with E-state index in [9.17, 15) is 8.78 Å². The molecular weight excluding hydrogens is 248 g/mol. The topological polar surface area (TPSA) is 21.3 Å². The van der Waals surface area contributed by atoms with Gasteiger partial charge in [-0.25, -0.2) is 8.78 Å². The van der Waals surface area contributed by atoms with Gasteiger partial charge in [0.25, 0.3) is 0 Å². The van der Waals surface area contributed by atoms with E-state index in [1.165, 1.54) is 0 Å². The highest BCUT2D eigenvalue weighted by Gasteiger charge is 2.23. The first-order valence-corrected chi connectivity index (χ1v) is 5.94. The number of nitrogens with one attached hydrogen (secondary N) is 1. The van der Waals surface area contributed by atoms with Crippen molar-refractivity contribution in [2.24, 2.45) is 5.92 Å². The first kappa shape index (κ1) is 12.6. The SMILES string of the molecule is CC(Nc1c(F)cc(F)cc1Cl)C1CCOC1. The van der Waals surface area contributed by atoms with E-state index in [1.54, 1.807) is 0 Å². The van der Waals surface area contributed by atoms with Crippen LogP contribution in [0.5, 0.6) is 0 Å². The monoisotopic (exact) mass is 261 g/mol. The summed E-state index contributed by atoms with van der Waals surface area (Å²) >= 11 is 5.81. The van der Waals surface area contributed by atoms with Gasteiger partial charge < -0.3 is 10.1 Å². The second-order valence-electron chi connectivity index (χ2n) is 4.30. The quantitative estimate of drug-likeness (QED) is 0.900. The number of hydrogen-bond donors (Lipinski definition) is 1. The summed E-state index contributed by atoms with van der Waals surface area (Å²) < 4.78 is 31.7. The number of hydrogen-bond acceptors (Lipinski definition) is 2. The molecule has 2 atom stereocenters. The molecule has 1 N–H and O–H groups in total. The largest absolute Gasteiger partial charge is 0.381 e. The molecule has 1 aromatic rings. The molecule has 1 fully saturated rings. The summed E-state index contributed by atoms with van der Waals surface area (Å²) in [4.78, 5) is 0. The molecular formula is C12H14ClF2NO. The molecule has 0 amide bonds. The summed E-state index contributed by atoms with van der Waals surface area (Å²) in [6.45, 7) is 3.34. The lowest BCUT2D eigenvalue weighted by Crippen LogP contribution is -2.26. The van der Waals surface area contributed by atoms with Crippen LogP contribution in [0, 0.1) is 17.6 Å². The summed E-state index contributed by atoms with van der Waals surface area (Å²) in [7, 11) is 0. The first-order valence-electron chi connectivity index (χ1n) is 5.56. The molecule has 2 nitrogen and oxygen atoms in total. The van der Waals surface area contributed by atoms with Crippen molar-refractivity contribution in [2.75, 3.05) is 18.5 Å². The minimum Gasteiger partial charge on any atom is -0.381 e. The molecule has 1 heterocycles. The van der Waals surface area contributed by atoms with Gasteiger partial charge in [0, 0.05) is 24.6 Å². The maximum atomic E-state index is 13.5. The van der Waals surface area contributed by atoms with Gasteiger partial charge in [-0.2, -0.15) is 0 Å². The molecule has 1 aromatic carbocycles. The van der Waals surface area contributed by atoms with Gasteiger partial charge >= 0.3 is 0 Å². The number of halogens is 3. The van der Waals surface area contributed by atoms with Crippen molar-refractivity contribution in [1.82, 2.24) is 0 Å². The predicted octanol–water partition coefficient (Wildman–Crippen LogP) is 3.46. The van der Waals surface area contributed by atoms with Gasteiger partial charge in [0.15, 0.2) is 5.82 Å². The van der Waals surface area contributed by atoms with E-state index in [1.807, 2.05) is 6.92 Å². The first-order chi connectivity index (χ1) is 8.08. The Morgan fingerprint density at radius 1 is 1.47 bits per heavy atom. The van der Waals surface area contributed by atoms with E-state index in [-0.39, 0.29) is 16.8 Å². The number of benzene rings is 1. The maximum Gasteiger partial charge on any atom is 0.150 e. The lowest BCUT2D eigenvalue weighted by molar-refractivity contribution is 0.183. The van der Waals surface area contributed by atoms with Crippen molar-refractivity contribution in [1.29, 1.82) is 0 Å². The Kier molecular flexibility index (Phi) is 3.84. The summed E-state index contributed by atoms with van der Waals surface area (Å²) in [6, 6.07) is 1.96. The molecule has 0 saturated carbocycles. The average molecular weight is 262 g/mol. The van der Waals surface area contributed by atoms with Gasteiger partial charge in [0.05, 0.1) is 17.3 Å². The van der Waals surface area contributed by atoms with Gasteiger partial charge in [-0.1, -0.05) is 11.6 Å². The molecule has 0 aliphatic carbocycles. The molecule has 2 unspecified atom stereocenters. The van der Waals surface area contributed by atoms with Crippen LogP contribution in [0.25, 0.3) is 0 Å². The van der Waals surface area contributed by atoms with Crippen molar-refractivity contribution in [3.8, 4) is 0 Å². The van der Waals surface area contributed by atoms with Crippen molar-refractivity contribution in [3.05, 3.63) is 28.8 Å². The van der Waals surface area contributed by atoms with Crippen LogP contribution < -0.4 is 5.32 Å². The van der Waals surface area contributed by atoms with Crippen LogP contribution in [0.1, 0.15) is 13.3 Å². The zero-order chi connectivity index (χ0) is 12.4. The summed E-state index contributed by atoms with van der Waals surface area (Å²) in [5, 5.41) is 3.06. The van der Waals surface area contributed by atoms with Crippen molar-refractivity contribution in [2.45, 2.75) is 19.4 Å². The van der Waals surface area contributed by atoms with Crippen LogP contribution in [0.3, 0.4) is 0 Å². The van der Waals surface area contributed by atoms with Crippen LogP contribution in [0.15, 0.2) is 12.1 Å². The molecule has 5 heteroatoms. The third kappa shape index (κ3) is 2.87. The Hall–Kier alpha value is -0.870. The Morgan fingerprint density at radius 3 is 2.82 bits per heavy atom. The predicted molar refractivity (Wildman–Crippen MR) is 63.4 cm³/mol. The summed E-state index contributed by atoms with van der Waals surface area (Å²) in [5.41, 5.74) is 0.160. The Morgan fingerprint density at radius 2 is 2.24 bits per heavy atom. The molecule has 0 spiro atoms. The standard InChI is InChI=1S/C12H14ClF2NO/c1-7(8-2-3-17-6-8)16-12-10(13)4-9(14)5-11(12)15/h4-5,7-8,16H,2-3,6H2,1H3. The Labute approximate surface area is 104 Å². The van der Waals surface area contributed by atoms with Crippen molar-refractivity contribution < 1.29 is 13.5 Å². The number of anilines is 1. The van der Waals surface area contributed by atoms with E-state index in [0.717, 1.165) is 25.2 Å². The van der Waals surface area contributed by atoms with E-state index in [4.69, 9.17) is 16.3 Å². The second kappa shape index (κ2) is 5.19. The van der Waals surface area contributed by atoms with Gasteiger partial charge in [-0.15, -0.1) is 0 Å². The Balaban J connectivity index is 2.12. The fourth-order valence-electron chi connectivity index (χ4n) is 1.97. The van der Waals surface area contributed by atoms with E-state index in [2.05, 4.69) is 5.32 Å². The van der Waals surface area contributed by atoms with Crippen LogP contribution in [-0.4, -0.2) is 19.3 Å². The molecule has 2 rings (SSSR count). The molecule has 1 aliphatic rings. The second-order valence-corrected chi connectivity index (χ2v) is 4.71. The molecule has 0 aromatic heterocycles. The van der Waals surface area contributed by atoms with Gasteiger partial charge in [-0.05, 0) is 19.4 Å². The molecule has 1 aliphatic heterocycles. The lowest BCUT2D eigenvalue weighted by Gasteiger charge is -2.21. The van der Waals surface area contributed by atoms with Gasteiger partial charge in [0.2, 0.25) is 0 Å². The minimum atomic E-state index is -0.671. The van der Waals surface area contributed by atoms with Crippen LogP contribution in [0.2, 0.25) is 5.02 Å². The van der Waals surface area contributed by atoms with Crippen LogP contribution in [0.4, 0.5) is 14.5 Å². The van der Waals surface area contributed by atoms with Crippen LogP contribution >= 0.6 is 11.6 Å². The van der Waals surface area contributed by atoms with Gasteiger partial charge in [-0.3, -0.25) is 0 Å². The zero-order valence-electron chi connectivity index (χ0n) is 9.47. The molecule has 1 saturated heterocycles. The Bertz CT molecular complexity index is 384. The molecule has 94 valence electrons. The van der Waals surface area contributed by atoms with E-state index < -0.39 is 11.6 Å². The molecule has 17 heavy (non-hydrogen) atoms. The summed E-state index contributed by atoms with van der Waals surface area (Å²) in [5.74, 6) is -1.01. The maximum absolute atomic E-state index is 13.5. The molecule has 0 radical (unpaired) electrons.